The molecule has 0 radical (unpaired) electrons. The summed E-state index contributed by atoms with van der Waals surface area (Å²) in [5.41, 5.74) is 1.99. The van der Waals surface area contributed by atoms with Gasteiger partial charge in [-0.15, -0.1) is 17.8 Å². The average molecular weight is 242 g/mol. The molecule has 86 valence electrons. The topological polar surface area (TPSA) is 9.23 Å². The van der Waals surface area contributed by atoms with Crippen LogP contribution in [0, 0.1) is 19.3 Å². The van der Waals surface area contributed by atoms with Gasteiger partial charge in [0.15, 0.2) is 0 Å². The fourth-order valence-electron chi connectivity index (χ4n) is 1.66. The second kappa shape index (κ2) is 5.07. The molecule has 1 heterocycles. The summed E-state index contributed by atoms with van der Waals surface area (Å²) in [5.74, 6) is 3.50. The highest BCUT2D eigenvalue weighted by molar-refractivity contribution is 7.15. The Kier molecular flexibility index (Phi) is 3.51. The number of terminal acetylenes is 1. The monoisotopic (exact) mass is 242 g/mol. The van der Waals surface area contributed by atoms with Gasteiger partial charge in [0.1, 0.15) is 5.75 Å². The number of benzene rings is 1. The van der Waals surface area contributed by atoms with Crippen LogP contribution in [0.1, 0.15) is 17.4 Å². The lowest BCUT2D eigenvalue weighted by Gasteiger charge is -2.06. The van der Waals surface area contributed by atoms with E-state index in [-0.39, 0.29) is 0 Å². The minimum atomic E-state index is 0.650. The Morgan fingerprint density at radius 1 is 1.29 bits per heavy atom. The van der Waals surface area contributed by atoms with Gasteiger partial charge in [-0.1, -0.05) is 5.92 Å². The second-order valence-corrected chi connectivity index (χ2v) is 5.02. The molecule has 1 aromatic carbocycles. The molecule has 0 atom stereocenters. The molecular weight excluding hydrogens is 228 g/mol. The Hall–Kier alpha value is -1.72. The van der Waals surface area contributed by atoms with Crippen LogP contribution in [0.5, 0.6) is 5.75 Å². The van der Waals surface area contributed by atoms with Crippen molar-refractivity contribution in [3.63, 3.8) is 0 Å². The zero-order chi connectivity index (χ0) is 12.3. The molecule has 1 nitrogen and oxygen atoms in total. The third-order valence-electron chi connectivity index (χ3n) is 2.41. The Balaban J connectivity index is 2.46. The molecule has 0 fully saturated rings. The van der Waals surface area contributed by atoms with Crippen LogP contribution in [-0.2, 0) is 0 Å². The lowest BCUT2D eigenvalue weighted by atomic mass is 10.1. The van der Waals surface area contributed by atoms with Crippen molar-refractivity contribution in [2.75, 3.05) is 6.61 Å². The zero-order valence-corrected chi connectivity index (χ0v) is 10.8. The van der Waals surface area contributed by atoms with Crippen LogP contribution in [0.15, 0.2) is 30.3 Å². The summed E-state index contributed by atoms with van der Waals surface area (Å²) in [6.07, 6.45) is 5.46. The summed E-state index contributed by atoms with van der Waals surface area (Å²) in [5, 5.41) is 0. The summed E-state index contributed by atoms with van der Waals surface area (Å²) in [7, 11) is 0. The van der Waals surface area contributed by atoms with Gasteiger partial charge in [-0.2, -0.15) is 0 Å². The Bertz CT molecular complexity index is 561. The van der Waals surface area contributed by atoms with Crippen LogP contribution < -0.4 is 4.74 Å². The van der Waals surface area contributed by atoms with Gasteiger partial charge in [0.2, 0.25) is 0 Å². The fourth-order valence-corrected chi connectivity index (χ4v) is 2.52. The largest absolute Gasteiger partial charge is 0.494 e. The van der Waals surface area contributed by atoms with Crippen molar-refractivity contribution in [3.05, 3.63) is 40.8 Å². The van der Waals surface area contributed by atoms with E-state index >= 15 is 0 Å². The molecule has 2 aromatic rings. The third kappa shape index (κ3) is 2.69. The molecular formula is C15H14OS. The normalized spacial score (nSPS) is 9.94. The van der Waals surface area contributed by atoms with Gasteiger partial charge in [0.25, 0.3) is 0 Å². The van der Waals surface area contributed by atoms with E-state index in [4.69, 9.17) is 11.2 Å². The van der Waals surface area contributed by atoms with Crippen LogP contribution in [0.25, 0.3) is 10.4 Å². The quantitative estimate of drug-likeness (QED) is 0.736. The number of hydrogen-bond donors (Lipinski definition) is 0. The smallest absolute Gasteiger partial charge is 0.121 e. The van der Waals surface area contributed by atoms with Crippen LogP contribution in [0.2, 0.25) is 0 Å². The highest BCUT2D eigenvalue weighted by Gasteiger charge is 2.05. The first-order valence-corrected chi connectivity index (χ1v) is 6.36. The molecule has 0 aliphatic rings. The fraction of sp³-hybridized carbons (Fsp3) is 0.200. The molecule has 0 aliphatic carbocycles. The van der Waals surface area contributed by atoms with Crippen LogP contribution in [0.3, 0.4) is 0 Å². The molecule has 0 saturated heterocycles. The van der Waals surface area contributed by atoms with Gasteiger partial charge in [0, 0.05) is 15.3 Å². The van der Waals surface area contributed by atoms with Crippen molar-refractivity contribution in [1.29, 1.82) is 0 Å². The maximum Gasteiger partial charge on any atom is 0.121 e. The van der Waals surface area contributed by atoms with Gasteiger partial charge in [0.05, 0.1) is 6.61 Å². The van der Waals surface area contributed by atoms with Crippen LogP contribution >= 0.6 is 11.3 Å². The Morgan fingerprint density at radius 2 is 2.12 bits per heavy atom. The van der Waals surface area contributed by atoms with E-state index in [9.17, 15) is 0 Å². The Morgan fingerprint density at radius 3 is 2.71 bits per heavy atom. The molecule has 0 bridgehead atoms. The lowest BCUT2D eigenvalue weighted by Crippen LogP contribution is -1.92. The highest BCUT2D eigenvalue weighted by Crippen LogP contribution is 2.31. The maximum absolute atomic E-state index is 5.53. The summed E-state index contributed by atoms with van der Waals surface area (Å²) >= 11 is 1.76. The summed E-state index contributed by atoms with van der Waals surface area (Å²) < 4.78 is 5.53. The number of thiophene rings is 1. The minimum absolute atomic E-state index is 0.650. The summed E-state index contributed by atoms with van der Waals surface area (Å²) in [4.78, 5) is 2.52. The van der Waals surface area contributed by atoms with E-state index < -0.39 is 0 Å². The predicted octanol–water partition coefficient (Wildman–Crippen LogP) is 4.10. The highest BCUT2D eigenvalue weighted by atomic mass is 32.1. The molecule has 1 aromatic heterocycles. The standard InChI is InChI=1S/C15H14OS/c1-4-12-8-13(10-14(9-12)16-5-2)15-7-6-11(3)17-15/h1,6-10H,5H2,2-3H3. The SMILES string of the molecule is C#Cc1cc(OCC)cc(-c2ccc(C)s2)c1. The zero-order valence-electron chi connectivity index (χ0n) is 9.99. The van der Waals surface area contributed by atoms with E-state index in [1.54, 1.807) is 11.3 Å². The van der Waals surface area contributed by atoms with E-state index in [2.05, 4.69) is 25.0 Å². The molecule has 2 heteroatoms. The third-order valence-corrected chi connectivity index (χ3v) is 3.46. The van der Waals surface area contributed by atoms with Gasteiger partial charge >= 0.3 is 0 Å². The van der Waals surface area contributed by atoms with E-state index in [1.165, 1.54) is 9.75 Å². The van der Waals surface area contributed by atoms with Crippen LogP contribution in [-0.4, -0.2) is 6.61 Å². The first-order valence-electron chi connectivity index (χ1n) is 5.54. The Labute approximate surface area is 106 Å². The lowest BCUT2D eigenvalue weighted by molar-refractivity contribution is 0.340. The first kappa shape index (κ1) is 11.8. The first-order chi connectivity index (χ1) is 8.22. The van der Waals surface area contributed by atoms with E-state index in [0.29, 0.717) is 6.61 Å². The molecule has 2 rings (SSSR count). The number of hydrogen-bond acceptors (Lipinski definition) is 2. The predicted molar refractivity (Wildman–Crippen MR) is 73.6 cm³/mol. The van der Waals surface area contributed by atoms with Gasteiger partial charge in [-0.05, 0) is 49.7 Å². The molecule has 0 spiro atoms. The van der Waals surface area contributed by atoms with Gasteiger partial charge in [-0.25, -0.2) is 0 Å². The maximum atomic E-state index is 5.53. The second-order valence-electron chi connectivity index (χ2n) is 3.73. The van der Waals surface area contributed by atoms with E-state index in [0.717, 1.165) is 16.9 Å². The van der Waals surface area contributed by atoms with Crippen LogP contribution in [0.4, 0.5) is 0 Å². The van der Waals surface area contributed by atoms with Gasteiger partial charge in [-0.3, -0.25) is 0 Å². The average Bonchev–Trinajstić information content (AvgIpc) is 2.76. The molecule has 0 N–H and O–H groups in total. The molecule has 0 saturated carbocycles. The van der Waals surface area contributed by atoms with Crippen molar-refractivity contribution in [3.8, 4) is 28.5 Å². The number of aryl methyl sites for hydroxylation is 1. The van der Waals surface area contributed by atoms with Crippen molar-refractivity contribution in [2.24, 2.45) is 0 Å². The summed E-state index contributed by atoms with van der Waals surface area (Å²) in [6.45, 7) is 4.72. The van der Waals surface area contributed by atoms with E-state index in [1.807, 2.05) is 25.1 Å². The summed E-state index contributed by atoms with van der Waals surface area (Å²) in [6, 6.07) is 10.2. The van der Waals surface area contributed by atoms with Crippen molar-refractivity contribution >= 4 is 11.3 Å². The number of rotatable bonds is 3. The van der Waals surface area contributed by atoms with Crippen molar-refractivity contribution in [2.45, 2.75) is 13.8 Å². The van der Waals surface area contributed by atoms with Crippen molar-refractivity contribution in [1.82, 2.24) is 0 Å². The molecule has 0 unspecified atom stereocenters. The molecule has 17 heavy (non-hydrogen) atoms. The van der Waals surface area contributed by atoms with Gasteiger partial charge < -0.3 is 4.74 Å². The van der Waals surface area contributed by atoms with Crippen molar-refractivity contribution < 1.29 is 4.74 Å². The molecule has 0 amide bonds. The number of ether oxygens (including phenoxy) is 1. The minimum Gasteiger partial charge on any atom is -0.494 e. The molecule has 0 aliphatic heterocycles.